The first-order chi connectivity index (χ1) is 14.5. The highest BCUT2D eigenvalue weighted by Crippen LogP contribution is 2.30. The van der Waals surface area contributed by atoms with Gasteiger partial charge in [0.05, 0.1) is 12.2 Å². The number of rotatable bonds is 13. The summed E-state index contributed by atoms with van der Waals surface area (Å²) in [4.78, 5) is 23.8. The van der Waals surface area contributed by atoms with Crippen LogP contribution in [0.25, 0.3) is 0 Å². The van der Waals surface area contributed by atoms with Crippen LogP contribution in [0.4, 0.5) is 0 Å². The molecule has 0 heterocycles. The van der Waals surface area contributed by atoms with Crippen molar-refractivity contribution in [3.05, 3.63) is 59.2 Å². The van der Waals surface area contributed by atoms with E-state index in [9.17, 15) is 14.7 Å². The number of hydrogen-bond acceptors (Lipinski definition) is 4. The summed E-state index contributed by atoms with van der Waals surface area (Å²) in [6.45, 7) is 3.70. The average Bonchev–Trinajstić information content (AvgIpc) is 3.07. The second-order valence-electron chi connectivity index (χ2n) is 8.33. The summed E-state index contributed by atoms with van der Waals surface area (Å²) in [5.74, 6) is 0.0918. The van der Waals surface area contributed by atoms with Gasteiger partial charge in [-0.2, -0.15) is 0 Å². The third-order valence-corrected chi connectivity index (χ3v) is 5.41. The second kappa shape index (κ2) is 13.2. The Hall–Kier alpha value is -2.20. The Morgan fingerprint density at radius 2 is 1.83 bits per heavy atom. The molecule has 1 N–H and O–H groups in total. The molecule has 0 bridgehead atoms. The van der Waals surface area contributed by atoms with Crippen molar-refractivity contribution >= 4 is 11.8 Å². The first kappa shape index (κ1) is 24.1. The third kappa shape index (κ3) is 9.08. The molecule has 0 saturated heterocycles. The van der Waals surface area contributed by atoms with E-state index in [1.807, 2.05) is 44.2 Å². The molecule has 0 aromatic heterocycles. The summed E-state index contributed by atoms with van der Waals surface area (Å²) in [7, 11) is 0. The van der Waals surface area contributed by atoms with Gasteiger partial charge in [0.2, 0.25) is 0 Å². The first-order valence-electron chi connectivity index (χ1n) is 11.3. The molecule has 0 fully saturated rings. The minimum absolute atomic E-state index is 0.0661. The molecule has 1 aliphatic rings. The van der Waals surface area contributed by atoms with E-state index < -0.39 is 0 Å². The summed E-state index contributed by atoms with van der Waals surface area (Å²) in [5.41, 5.74) is 3.39. The molecule has 30 heavy (non-hydrogen) atoms. The van der Waals surface area contributed by atoms with Crippen molar-refractivity contribution < 1.29 is 19.4 Å². The number of unbranched alkanes of at least 4 members (excludes halogenated alkanes) is 1. The average molecular weight is 413 g/mol. The van der Waals surface area contributed by atoms with E-state index in [1.165, 1.54) is 11.1 Å². The Balaban J connectivity index is 1.71. The van der Waals surface area contributed by atoms with Crippen LogP contribution < -0.4 is 0 Å². The molecule has 1 aromatic carbocycles. The lowest BCUT2D eigenvalue weighted by molar-refractivity contribution is -0.147. The standard InChI is InChI=1S/C26H36O4/c1-20(2)30-26(29)13-9-4-3-8-12-24-22(16-19-25(24)28)15-18-23(27)17-14-21-10-6-5-7-11-21/h3,5-8,10-11,20,23,27H,4,9,12-19H2,1-2H3/t23-/m0/s1. The summed E-state index contributed by atoms with van der Waals surface area (Å²) in [5, 5.41) is 10.3. The van der Waals surface area contributed by atoms with Crippen LogP contribution in [0.1, 0.15) is 77.2 Å². The fourth-order valence-corrected chi connectivity index (χ4v) is 3.77. The van der Waals surface area contributed by atoms with E-state index in [0.29, 0.717) is 25.7 Å². The van der Waals surface area contributed by atoms with Gasteiger partial charge < -0.3 is 9.84 Å². The number of Topliss-reactive ketones (excluding diaryl/α,β-unsaturated/α-hetero) is 1. The molecule has 0 radical (unpaired) electrons. The van der Waals surface area contributed by atoms with E-state index in [4.69, 9.17) is 4.74 Å². The molecule has 1 atom stereocenters. The number of ketones is 1. The van der Waals surface area contributed by atoms with Crippen LogP contribution in [0, 0.1) is 0 Å². The van der Waals surface area contributed by atoms with E-state index >= 15 is 0 Å². The zero-order valence-corrected chi connectivity index (χ0v) is 18.4. The summed E-state index contributed by atoms with van der Waals surface area (Å²) in [6, 6.07) is 10.2. The van der Waals surface area contributed by atoms with Crippen molar-refractivity contribution in [2.75, 3.05) is 0 Å². The molecule has 1 aliphatic carbocycles. The van der Waals surface area contributed by atoms with Gasteiger partial charge in [-0.05, 0) is 76.4 Å². The van der Waals surface area contributed by atoms with Crippen LogP contribution in [-0.2, 0) is 20.7 Å². The maximum absolute atomic E-state index is 12.2. The van der Waals surface area contributed by atoms with Gasteiger partial charge in [0.1, 0.15) is 0 Å². The number of allylic oxidation sites excluding steroid dienone is 4. The van der Waals surface area contributed by atoms with Crippen molar-refractivity contribution in [3.8, 4) is 0 Å². The number of benzene rings is 1. The van der Waals surface area contributed by atoms with Gasteiger partial charge in [0, 0.05) is 12.8 Å². The van der Waals surface area contributed by atoms with Crippen LogP contribution in [-0.4, -0.2) is 29.1 Å². The number of carbonyl (C=O) groups excluding carboxylic acids is 2. The zero-order valence-electron chi connectivity index (χ0n) is 18.4. The van der Waals surface area contributed by atoms with Crippen molar-refractivity contribution in [2.24, 2.45) is 0 Å². The highest BCUT2D eigenvalue weighted by molar-refractivity contribution is 5.98. The van der Waals surface area contributed by atoms with Crippen molar-refractivity contribution in [1.29, 1.82) is 0 Å². The van der Waals surface area contributed by atoms with Gasteiger partial charge in [-0.1, -0.05) is 48.1 Å². The lowest BCUT2D eigenvalue weighted by Gasteiger charge is -2.12. The van der Waals surface area contributed by atoms with Gasteiger partial charge in [-0.25, -0.2) is 0 Å². The predicted molar refractivity (Wildman–Crippen MR) is 120 cm³/mol. The molecule has 4 nitrogen and oxygen atoms in total. The number of esters is 1. The highest BCUT2D eigenvalue weighted by Gasteiger charge is 2.22. The summed E-state index contributed by atoms with van der Waals surface area (Å²) < 4.78 is 5.12. The van der Waals surface area contributed by atoms with Gasteiger partial charge in [0.15, 0.2) is 5.78 Å². The molecule has 0 amide bonds. The maximum Gasteiger partial charge on any atom is 0.306 e. The van der Waals surface area contributed by atoms with Gasteiger partial charge >= 0.3 is 5.97 Å². The van der Waals surface area contributed by atoms with E-state index in [-0.39, 0.29) is 24.0 Å². The molecule has 0 unspecified atom stereocenters. The zero-order chi connectivity index (χ0) is 21.8. The number of aliphatic hydroxyl groups excluding tert-OH is 1. The van der Waals surface area contributed by atoms with E-state index in [0.717, 1.165) is 44.1 Å². The smallest absolute Gasteiger partial charge is 0.306 e. The Morgan fingerprint density at radius 1 is 1.10 bits per heavy atom. The maximum atomic E-state index is 12.2. The number of aliphatic hydroxyl groups is 1. The predicted octanol–water partition coefficient (Wildman–Crippen LogP) is 5.49. The summed E-state index contributed by atoms with van der Waals surface area (Å²) in [6.07, 6.45) is 10.9. The van der Waals surface area contributed by atoms with Gasteiger partial charge in [-0.15, -0.1) is 0 Å². The topological polar surface area (TPSA) is 63.6 Å². The third-order valence-electron chi connectivity index (χ3n) is 5.41. The minimum Gasteiger partial charge on any atom is -0.463 e. The van der Waals surface area contributed by atoms with Crippen LogP contribution in [0.3, 0.4) is 0 Å². The number of ether oxygens (including phenoxy) is 1. The number of aryl methyl sites for hydroxylation is 1. The molecule has 1 aromatic rings. The Labute approximate surface area is 181 Å². The van der Waals surface area contributed by atoms with E-state index in [2.05, 4.69) is 12.1 Å². The Kier molecular flexibility index (Phi) is 10.6. The molecular weight excluding hydrogens is 376 g/mol. The normalized spacial score (nSPS) is 15.4. The van der Waals surface area contributed by atoms with Crippen LogP contribution in [0.2, 0.25) is 0 Å². The summed E-state index contributed by atoms with van der Waals surface area (Å²) >= 11 is 0. The van der Waals surface area contributed by atoms with Crippen molar-refractivity contribution in [1.82, 2.24) is 0 Å². The number of hydrogen-bond donors (Lipinski definition) is 1. The molecule has 2 rings (SSSR count). The SMILES string of the molecule is CC(C)OC(=O)CCCC=CCC1=C(CC[C@@H](O)CCc2ccccc2)CCC1=O. The molecule has 0 saturated carbocycles. The quantitative estimate of drug-likeness (QED) is 0.264. The van der Waals surface area contributed by atoms with Crippen LogP contribution in [0.15, 0.2) is 53.6 Å². The van der Waals surface area contributed by atoms with Gasteiger partial charge in [0.25, 0.3) is 0 Å². The van der Waals surface area contributed by atoms with Crippen LogP contribution in [0.5, 0.6) is 0 Å². The number of carbonyl (C=O) groups is 2. The monoisotopic (exact) mass is 412 g/mol. The first-order valence-corrected chi connectivity index (χ1v) is 11.3. The Bertz CT molecular complexity index is 731. The molecule has 0 spiro atoms. The van der Waals surface area contributed by atoms with Crippen molar-refractivity contribution in [3.63, 3.8) is 0 Å². The van der Waals surface area contributed by atoms with Crippen molar-refractivity contribution in [2.45, 2.75) is 90.3 Å². The fourth-order valence-electron chi connectivity index (χ4n) is 3.77. The van der Waals surface area contributed by atoms with Gasteiger partial charge in [-0.3, -0.25) is 9.59 Å². The lowest BCUT2D eigenvalue weighted by atomic mass is 9.98. The molecule has 4 heteroatoms. The minimum atomic E-state index is -0.337. The molecule has 164 valence electrons. The Morgan fingerprint density at radius 3 is 2.57 bits per heavy atom. The van der Waals surface area contributed by atoms with E-state index in [1.54, 1.807) is 0 Å². The highest BCUT2D eigenvalue weighted by atomic mass is 16.5. The largest absolute Gasteiger partial charge is 0.463 e. The fraction of sp³-hybridized carbons (Fsp3) is 0.538. The van der Waals surface area contributed by atoms with Crippen LogP contribution >= 0.6 is 0 Å². The lowest BCUT2D eigenvalue weighted by Crippen LogP contribution is -2.10. The second-order valence-corrected chi connectivity index (χ2v) is 8.33. The molecular formula is C26H36O4. The molecule has 0 aliphatic heterocycles.